The van der Waals surface area contributed by atoms with Crippen molar-refractivity contribution in [3.63, 3.8) is 0 Å². The Morgan fingerprint density at radius 1 is 0.378 bits per heavy atom. The van der Waals surface area contributed by atoms with Crippen molar-refractivity contribution in [2.24, 2.45) is 0 Å². The molecule has 0 unspecified atom stereocenters. The Balaban J connectivity index is 1.35. The van der Waals surface area contributed by atoms with Crippen molar-refractivity contribution in [2.45, 2.75) is 5.41 Å². The summed E-state index contributed by atoms with van der Waals surface area (Å²) in [5, 5.41) is 0. The number of nitrogens with zero attached hydrogens (tertiary/aromatic N) is 1. The Morgan fingerprint density at radius 2 is 0.822 bits per heavy atom. The quantitative estimate of drug-likeness (QED) is 0.185. The lowest BCUT2D eigenvalue weighted by Crippen LogP contribution is -2.28. The summed E-state index contributed by atoms with van der Waals surface area (Å²) in [5.74, 6) is 0. The monoisotopic (exact) mass is 637 g/mol. The maximum absolute atomic E-state index is 3.68. The fourth-order valence-electron chi connectivity index (χ4n) is 7.77. The van der Waals surface area contributed by atoms with Gasteiger partial charge < -0.3 is 4.90 Å². The third kappa shape index (κ3) is 3.79. The van der Waals surface area contributed by atoms with E-state index in [0.717, 1.165) is 15.8 Å². The summed E-state index contributed by atoms with van der Waals surface area (Å²) < 4.78 is 1.06. The highest BCUT2D eigenvalue weighted by molar-refractivity contribution is 9.10. The molecule has 45 heavy (non-hydrogen) atoms. The van der Waals surface area contributed by atoms with Gasteiger partial charge in [0.15, 0.2) is 0 Å². The van der Waals surface area contributed by atoms with Gasteiger partial charge in [0.2, 0.25) is 0 Å². The molecule has 2 aliphatic carbocycles. The number of hydrogen-bond acceptors (Lipinski definition) is 1. The first-order chi connectivity index (χ1) is 22.2. The predicted octanol–water partition coefficient (Wildman–Crippen LogP) is 11.9. The van der Waals surface area contributed by atoms with Crippen LogP contribution >= 0.6 is 15.9 Å². The van der Waals surface area contributed by atoms with Gasteiger partial charge in [0.25, 0.3) is 0 Å². The predicted molar refractivity (Wildman–Crippen MR) is 191 cm³/mol. The highest BCUT2D eigenvalue weighted by Gasteiger charge is 2.53. The van der Waals surface area contributed by atoms with Crippen LogP contribution in [0.1, 0.15) is 22.3 Å². The standard InChI is InChI=1S/C43H28BrN/c44-31-23-27-33(28-24-31)45(32-25-21-30(22-26-32)29-11-2-1-3-12-29)41-20-10-16-37-36-15-6-9-19-40(36)43(42(37)41)38-17-7-4-13-34(38)35-14-5-8-18-39(35)43/h1-28H. The maximum atomic E-state index is 3.68. The molecule has 0 bridgehead atoms. The molecule has 0 atom stereocenters. The highest BCUT2D eigenvalue weighted by Crippen LogP contribution is 2.65. The van der Waals surface area contributed by atoms with Crippen LogP contribution in [0.2, 0.25) is 0 Å². The van der Waals surface area contributed by atoms with E-state index in [9.17, 15) is 0 Å². The molecule has 0 fully saturated rings. The molecule has 0 aliphatic heterocycles. The van der Waals surface area contributed by atoms with Gasteiger partial charge in [-0.15, -0.1) is 0 Å². The first-order valence-corrected chi connectivity index (χ1v) is 16.2. The third-order valence-electron chi connectivity index (χ3n) is 9.55. The summed E-state index contributed by atoms with van der Waals surface area (Å²) in [5.41, 5.74) is 16.0. The van der Waals surface area contributed by atoms with E-state index in [0.29, 0.717) is 0 Å². The first-order valence-electron chi connectivity index (χ1n) is 15.4. The first kappa shape index (κ1) is 26.2. The van der Waals surface area contributed by atoms with Crippen molar-refractivity contribution in [1.29, 1.82) is 0 Å². The Hall–Kier alpha value is -5.18. The van der Waals surface area contributed by atoms with Crippen molar-refractivity contribution in [2.75, 3.05) is 4.90 Å². The van der Waals surface area contributed by atoms with E-state index in [4.69, 9.17) is 0 Å². The smallest absolute Gasteiger partial charge is 0.0746 e. The van der Waals surface area contributed by atoms with E-state index in [1.807, 2.05) is 0 Å². The van der Waals surface area contributed by atoms with E-state index >= 15 is 0 Å². The van der Waals surface area contributed by atoms with Gasteiger partial charge in [-0.3, -0.25) is 0 Å². The van der Waals surface area contributed by atoms with Crippen LogP contribution in [0.4, 0.5) is 17.1 Å². The van der Waals surface area contributed by atoms with Crippen LogP contribution in [-0.4, -0.2) is 0 Å². The fraction of sp³-hybridized carbons (Fsp3) is 0.0233. The summed E-state index contributed by atoms with van der Waals surface area (Å²) in [6, 6.07) is 62.2. The van der Waals surface area contributed by atoms with Crippen LogP contribution in [0.25, 0.3) is 33.4 Å². The summed E-state index contributed by atoms with van der Waals surface area (Å²) >= 11 is 3.68. The van der Waals surface area contributed by atoms with Crippen molar-refractivity contribution in [3.8, 4) is 33.4 Å². The van der Waals surface area contributed by atoms with E-state index in [1.165, 1.54) is 61.3 Å². The number of anilines is 3. The number of hydrogen-bond donors (Lipinski definition) is 0. The molecular weight excluding hydrogens is 610 g/mol. The van der Waals surface area contributed by atoms with Gasteiger partial charge in [-0.25, -0.2) is 0 Å². The van der Waals surface area contributed by atoms with Gasteiger partial charge in [0, 0.05) is 21.4 Å². The van der Waals surface area contributed by atoms with E-state index in [2.05, 4.69) is 191 Å². The topological polar surface area (TPSA) is 3.24 Å². The minimum absolute atomic E-state index is 0.437. The zero-order valence-electron chi connectivity index (χ0n) is 24.5. The average Bonchev–Trinajstić information content (AvgIpc) is 3.58. The Morgan fingerprint density at radius 3 is 1.40 bits per heavy atom. The Labute approximate surface area is 272 Å². The zero-order valence-corrected chi connectivity index (χ0v) is 26.1. The van der Waals surface area contributed by atoms with Crippen LogP contribution in [0, 0.1) is 0 Å². The number of rotatable bonds is 4. The lowest BCUT2D eigenvalue weighted by Gasteiger charge is -2.35. The molecule has 2 aliphatic rings. The van der Waals surface area contributed by atoms with Gasteiger partial charge in [0.1, 0.15) is 0 Å². The van der Waals surface area contributed by atoms with Crippen molar-refractivity contribution in [3.05, 3.63) is 197 Å². The minimum Gasteiger partial charge on any atom is -0.310 e. The third-order valence-corrected chi connectivity index (χ3v) is 10.1. The summed E-state index contributed by atoms with van der Waals surface area (Å²) in [7, 11) is 0. The van der Waals surface area contributed by atoms with Gasteiger partial charge >= 0.3 is 0 Å². The minimum atomic E-state index is -0.437. The second-order valence-electron chi connectivity index (χ2n) is 11.8. The molecular formula is C43H28BrN. The molecule has 7 aromatic rings. The highest BCUT2D eigenvalue weighted by atomic mass is 79.9. The molecule has 1 nitrogen and oxygen atoms in total. The van der Waals surface area contributed by atoms with E-state index < -0.39 is 5.41 Å². The largest absolute Gasteiger partial charge is 0.310 e. The number of fused-ring (bicyclic) bond motifs is 10. The maximum Gasteiger partial charge on any atom is 0.0746 e. The molecule has 9 rings (SSSR count). The molecule has 2 heteroatoms. The molecule has 0 radical (unpaired) electrons. The van der Waals surface area contributed by atoms with Crippen LogP contribution in [0.15, 0.2) is 174 Å². The molecule has 0 aromatic heterocycles. The Kier molecular flexibility index (Phi) is 5.94. The summed E-state index contributed by atoms with van der Waals surface area (Å²) in [6.07, 6.45) is 0. The lowest BCUT2D eigenvalue weighted by atomic mass is 9.70. The molecule has 7 aromatic carbocycles. The summed E-state index contributed by atoms with van der Waals surface area (Å²) in [6.45, 7) is 0. The zero-order chi connectivity index (χ0) is 30.0. The van der Waals surface area contributed by atoms with E-state index in [1.54, 1.807) is 0 Å². The molecule has 0 saturated carbocycles. The van der Waals surface area contributed by atoms with Crippen molar-refractivity contribution in [1.82, 2.24) is 0 Å². The van der Waals surface area contributed by atoms with Crippen LogP contribution in [0.5, 0.6) is 0 Å². The SMILES string of the molecule is Brc1ccc(N(c2ccc(-c3ccccc3)cc2)c2cccc3c2C2(c4ccccc4-c4ccccc42)c2ccccc2-3)cc1. The lowest BCUT2D eigenvalue weighted by molar-refractivity contribution is 0.793. The van der Waals surface area contributed by atoms with Gasteiger partial charge in [-0.1, -0.05) is 143 Å². The van der Waals surface area contributed by atoms with Crippen LogP contribution in [0.3, 0.4) is 0 Å². The second-order valence-corrected chi connectivity index (χ2v) is 12.7. The van der Waals surface area contributed by atoms with Crippen molar-refractivity contribution >= 4 is 33.0 Å². The molecule has 0 N–H and O–H groups in total. The van der Waals surface area contributed by atoms with Gasteiger partial charge in [-0.2, -0.15) is 0 Å². The normalized spacial score (nSPS) is 13.2. The number of benzene rings is 7. The van der Waals surface area contributed by atoms with Gasteiger partial charge in [-0.05, 0) is 92.5 Å². The molecule has 0 amide bonds. The molecule has 212 valence electrons. The average molecular weight is 639 g/mol. The van der Waals surface area contributed by atoms with E-state index in [-0.39, 0.29) is 0 Å². The molecule has 0 heterocycles. The fourth-order valence-corrected chi connectivity index (χ4v) is 8.03. The summed E-state index contributed by atoms with van der Waals surface area (Å²) in [4.78, 5) is 2.44. The Bertz CT molecular complexity index is 2150. The van der Waals surface area contributed by atoms with Gasteiger partial charge in [0.05, 0.1) is 11.1 Å². The van der Waals surface area contributed by atoms with Crippen LogP contribution in [-0.2, 0) is 5.41 Å². The number of halogens is 1. The molecule has 0 saturated heterocycles. The second kappa shape index (κ2) is 10.2. The van der Waals surface area contributed by atoms with Crippen LogP contribution < -0.4 is 4.90 Å². The molecule has 1 spiro atoms. The van der Waals surface area contributed by atoms with Crippen molar-refractivity contribution < 1.29 is 0 Å².